The molecule has 1 saturated carbocycles. The van der Waals surface area contributed by atoms with Gasteiger partial charge in [0.25, 0.3) is 0 Å². The summed E-state index contributed by atoms with van der Waals surface area (Å²) in [5.41, 5.74) is 0.0451. The third-order valence-corrected chi connectivity index (χ3v) is 3.27. The molecule has 3 heteroatoms. The van der Waals surface area contributed by atoms with Crippen LogP contribution in [0.3, 0.4) is 0 Å². The molecule has 0 amide bonds. The Morgan fingerprint density at radius 2 is 1.75 bits per heavy atom. The Bertz CT molecular complexity index is 188. The summed E-state index contributed by atoms with van der Waals surface area (Å²) in [6.07, 6.45) is 6.22. The van der Waals surface area contributed by atoms with E-state index in [0.29, 0.717) is 6.61 Å². The van der Waals surface area contributed by atoms with Crippen LogP contribution in [0.25, 0.3) is 0 Å². The van der Waals surface area contributed by atoms with Crippen molar-refractivity contribution < 1.29 is 14.6 Å². The van der Waals surface area contributed by atoms with Crippen LogP contribution in [-0.2, 0) is 9.47 Å². The molecular weight excluding hydrogens is 204 g/mol. The van der Waals surface area contributed by atoms with Gasteiger partial charge in [-0.15, -0.1) is 0 Å². The first kappa shape index (κ1) is 13.9. The molecule has 0 aromatic rings. The number of aliphatic hydroxyl groups excluding tert-OH is 1. The van der Waals surface area contributed by atoms with Crippen molar-refractivity contribution in [1.29, 1.82) is 0 Å². The SMILES string of the molecule is CC(CO)OCC(C)OC1(C)CCCCC1. The van der Waals surface area contributed by atoms with E-state index in [2.05, 4.69) is 6.92 Å². The molecular formula is C13H26O3. The van der Waals surface area contributed by atoms with Crippen LogP contribution in [0.2, 0.25) is 0 Å². The number of hydrogen-bond acceptors (Lipinski definition) is 3. The van der Waals surface area contributed by atoms with Gasteiger partial charge in [0.05, 0.1) is 31.0 Å². The van der Waals surface area contributed by atoms with Crippen molar-refractivity contribution in [3.05, 3.63) is 0 Å². The molecule has 0 aliphatic heterocycles. The summed E-state index contributed by atoms with van der Waals surface area (Å²) in [7, 11) is 0. The lowest BCUT2D eigenvalue weighted by molar-refractivity contribution is -0.128. The second kappa shape index (κ2) is 6.58. The predicted molar refractivity (Wildman–Crippen MR) is 64.5 cm³/mol. The van der Waals surface area contributed by atoms with E-state index < -0.39 is 0 Å². The fourth-order valence-electron chi connectivity index (χ4n) is 2.29. The highest BCUT2D eigenvalue weighted by molar-refractivity contribution is 4.80. The Labute approximate surface area is 99.1 Å². The smallest absolute Gasteiger partial charge is 0.0788 e. The van der Waals surface area contributed by atoms with E-state index in [1.54, 1.807) is 0 Å². The van der Waals surface area contributed by atoms with Gasteiger partial charge >= 0.3 is 0 Å². The molecule has 1 aliphatic rings. The summed E-state index contributed by atoms with van der Waals surface area (Å²) < 4.78 is 11.5. The summed E-state index contributed by atoms with van der Waals surface area (Å²) in [5.74, 6) is 0. The minimum Gasteiger partial charge on any atom is -0.394 e. The van der Waals surface area contributed by atoms with E-state index in [1.807, 2.05) is 13.8 Å². The van der Waals surface area contributed by atoms with Crippen LogP contribution >= 0.6 is 0 Å². The summed E-state index contributed by atoms with van der Waals surface area (Å²) in [6.45, 7) is 6.76. The zero-order valence-corrected chi connectivity index (χ0v) is 10.9. The molecule has 0 radical (unpaired) electrons. The fourth-order valence-corrected chi connectivity index (χ4v) is 2.29. The molecule has 0 spiro atoms. The molecule has 96 valence electrons. The lowest BCUT2D eigenvalue weighted by atomic mass is 9.86. The molecule has 0 saturated heterocycles. The summed E-state index contributed by atoms with van der Waals surface area (Å²) >= 11 is 0. The minimum absolute atomic E-state index is 0.0451. The Morgan fingerprint density at radius 3 is 2.31 bits per heavy atom. The highest BCUT2D eigenvalue weighted by Crippen LogP contribution is 2.32. The monoisotopic (exact) mass is 230 g/mol. The van der Waals surface area contributed by atoms with Crippen LogP contribution in [0.4, 0.5) is 0 Å². The standard InChI is InChI=1S/C13H26O3/c1-11(9-14)15-10-12(2)16-13(3)7-5-4-6-8-13/h11-12,14H,4-10H2,1-3H3. The van der Waals surface area contributed by atoms with Crippen LogP contribution in [0, 0.1) is 0 Å². The zero-order chi connectivity index (χ0) is 12.0. The highest BCUT2D eigenvalue weighted by Gasteiger charge is 2.29. The third-order valence-electron chi connectivity index (χ3n) is 3.27. The first-order valence-electron chi connectivity index (χ1n) is 6.46. The van der Waals surface area contributed by atoms with E-state index in [0.717, 1.165) is 12.8 Å². The molecule has 0 aromatic heterocycles. The van der Waals surface area contributed by atoms with Gasteiger partial charge in [0, 0.05) is 0 Å². The van der Waals surface area contributed by atoms with E-state index in [-0.39, 0.29) is 24.4 Å². The van der Waals surface area contributed by atoms with Gasteiger partial charge in [-0.1, -0.05) is 19.3 Å². The summed E-state index contributed by atoms with van der Waals surface area (Å²) in [5, 5.41) is 8.85. The normalized spacial score (nSPS) is 24.0. The van der Waals surface area contributed by atoms with Gasteiger partial charge in [-0.05, 0) is 33.6 Å². The third kappa shape index (κ3) is 4.81. The highest BCUT2D eigenvalue weighted by atomic mass is 16.6. The molecule has 1 fully saturated rings. The van der Waals surface area contributed by atoms with Gasteiger partial charge in [-0.3, -0.25) is 0 Å². The van der Waals surface area contributed by atoms with Crippen molar-refractivity contribution >= 4 is 0 Å². The largest absolute Gasteiger partial charge is 0.394 e. The Balaban J connectivity index is 2.24. The number of ether oxygens (including phenoxy) is 2. The van der Waals surface area contributed by atoms with Gasteiger partial charge in [0.1, 0.15) is 0 Å². The molecule has 16 heavy (non-hydrogen) atoms. The van der Waals surface area contributed by atoms with Crippen molar-refractivity contribution in [2.75, 3.05) is 13.2 Å². The molecule has 1 N–H and O–H groups in total. The van der Waals surface area contributed by atoms with E-state index in [1.165, 1.54) is 19.3 Å². The Morgan fingerprint density at radius 1 is 1.12 bits per heavy atom. The van der Waals surface area contributed by atoms with Gasteiger partial charge in [0.15, 0.2) is 0 Å². The van der Waals surface area contributed by atoms with Crippen molar-refractivity contribution in [2.45, 2.75) is 70.7 Å². The quantitative estimate of drug-likeness (QED) is 0.762. The van der Waals surface area contributed by atoms with Gasteiger partial charge in [-0.25, -0.2) is 0 Å². The minimum atomic E-state index is -0.0924. The molecule has 1 aliphatic carbocycles. The van der Waals surface area contributed by atoms with Crippen molar-refractivity contribution in [3.63, 3.8) is 0 Å². The van der Waals surface area contributed by atoms with Gasteiger partial charge in [0.2, 0.25) is 0 Å². The topological polar surface area (TPSA) is 38.7 Å². The number of aliphatic hydroxyl groups is 1. The van der Waals surface area contributed by atoms with Gasteiger partial charge < -0.3 is 14.6 Å². The van der Waals surface area contributed by atoms with Crippen molar-refractivity contribution in [3.8, 4) is 0 Å². The molecule has 2 unspecified atom stereocenters. The molecule has 2 atom stereocenters. The average molecular weight is 230 g/mol. The Hall–Kier alpha value is -0.120. The fraction of sp³-hybridized carbons (Fsp3) is 1.00. The lowest BCUT2D eigenvalue weighted by Crippen LogP contribution is -2.37. The molecule has 0 aromatic carbocycles. The Kier molecular flexibility index (Phi) is 5.73. The second-order valence-electron chi connectivity index (χ2n) is 5.27. The predicted octanol–water partition coefficient (Wildman–Crippen LogP) is 2.51. The first-order chi connectivity index (χ1) is 7.56. The van der Waals surface area contributed by atoms with E-state index in [9.17, 15) is 0 Å². The van der Waals surface area contributed by atoms with Crippen molar-refractivity contribution in [2.24, 2.45) is 0 Å². The maximum atomic E-state index is 8.85. The van der Waals surface area contributed by atoms with Crippen LogP contribution in [-0.4, -0.2) is 36.1 Å². The van der Waals surface area contributed by atoms with Crippen LogP contribution in [0.1, 0.15) is 52.9 Å². The summed E-state index contributed by atoms with van der Waals surface area (Å²) in [6, 6.07) is 0. The van der Waals surface area contributed by atoms with Gasteiger partial charge in [-0.2, -0.15) is 0 Å². The van der Waals surface area contributed by atoms with Crippen molar-refractivity contribution in [1.82, 2.24) is 0 Å². The molecule has 3 nitrogen and oxygen atoms in total. The summed E-state index contributed by atoms with van der Waals surface area (Å²) in [4.78, 5) is 0. The van der Waals surface area contributed by atoms with E-state index in [4.69, 9.17) is 14.6 Å². The van der Waals surface area contributed by atoms with Crippen LogP contribution in [0.15, 0.2) is 0 Å². The van der Waals surface area contributed by atoms with E-state index >= 15 is 0 Å². The maximum absolute atomic E-state index is 8.85. The zero-order valence-electron chi connectivity index (χ0n) is 10.9. The van der Waals surface area contributed by atoms with Crippen LogP contribution < -0.4 is 0 Å². The molecule has 1 rings (SSSR count). The first-order valence-corrected chi connectivity index (χ1v) is 6.46. The maximum Gasteiger partial charge on any atom is 0.0788 e. The molecule has 0 bridgehead atoms. The van der Waals surface area contributed by atoms with Crippen LogP contribution in [0.5, 0.6) is 0 Å². The molecule has 0 heterocycles. The number of rotatable bonds is 6. The number of hydrogen-bond donors (Lipinski definition) is 1. The second-order valence-corrected chi connectivity index (χ2v) is 5.27. The average Bonchev–Trinajstić information content (AvgIpc) is 2.26. The lowest BCUT2D eigenvalue weighted by Gasteiger charge is -2.36.